The number of nitrogens with zero attached hydrogens (tertiary/aromatic N) is 1. The Morgan fingerprint density at radius 1 is 1.16 bits per heavy atom. The molecule has 0 saturated heterocycles. The molecule has 2 aromatic carbocycles. The van der Waals surface area contributed by atoms with Crippen molar-refractivity contribution in [3.63, 3.8) is 0 Å². The van der Waals surface area contributed by atoms with E-state index in [-0.39, 0.29) is 17.0 Å². The quantitative estimate of drug-likeness (QED) is 0.334. The van der Waals surface area contributed by atoms with Gasteiger partial charge in [0.1, 0.15) is 5.75 Å². The summed E-state index contributed by atoms with van der Waals surface area (Å²) in [4.78, 5) is 22.1. The van der Waals surface area contributed by atoms with Crippen LogP contribution in [0.1, 0.15) is 15.9 Å². The summed E-state index contributed by atoms with van der Waals surface area (Å²) in [5.74, 6) is -0.374. The Morgan fingerprint density at radius 3 is 2.44 bits per heavy atom. The molecule has 0 heterocycles. The van der Waals surface area contributed by atoms with Gasteiger partial charge in [0.25, 0.3) is 5.69 Å². The summed E-state index contributed by atoms with van der Waals surface area (Å²) in [6.07, 6.45) is -1.73. The lowest BCUT2D eigenvalue weighted by atomic mass is 10.1. The molecule has 0 bridgehead atoms. The number of hydrogen-bond acceptors (Lipinski definition) is 4. The van der Waals surface area contributed by atoms with Crippen LogP contribution in [-0.2, 0) is 0 Å². The number of ketones is 1. The zero-order chi connectivity index (χ0) is 18.4. The average molecular weight is 351 g/mol. The molecule has 8 heteroatoms. The van der Waals surface area contributed by atoms with Gasteiger partial charge in [0.05, 0.1) is 4.92 Å². The van der Waals surface area contributed by atoms with Gasteiger partial charge in [-0.05, 0) is 23.8 Å². The summed E-state index contributed by atoms with van der Waals surface area (Å²) < 4.78 is 40.7. The van der Waals surface area contributed by atoms with Crippen molar-refractivity contribution < 1.29 is 27.6 Å². The van der Waals surface area contributed by atoms with Crippen molar-refractivity contribution in [1.82, 2.24) is 0 Å². The van der Waals surface area contributed by atoms with Crippen LogP contribution in [0.2, 0.25) is 0 Å². The monoisotopic (exact) mass is 351 g/mol. The Hall–Kier alpha value is -3.16. The van der Waals surface area contributed by atoms with Gasteiger partial charge in [0.2, 0.25) is 0 Å². The van der Waals surface area contributed by atoms with Crippen LogP contribution in [0.15, 0.2) is 54.6 Å². The molecule has 0 unspecified atom stereocenters. The first-order valence-corrected chi connectivity index (χ1v) is 7.01. The van der Waals surface area contributed by atoms with Crippen LogP contribution >= 0.6 is 0 Å². The van der Waals surface area contributed by atoms with Crippen molar-refractivity contribution in [1.29, 1.82) is 0 Å². The van der Waals surface area contributed by atoms with Gasteiger partial charge in [-0.25, -0.2) is 0 Å². The third-order valence-corrected chi connectivity index (χ3v) is 3.05. The van der Waals surface area contributed by atoms with Crippen LogP contribution in [0.4, 0.5) is 18.9 Å². The molecule has 5 nitrogen and oxygen atoms in total. The van der Waals surface area contributed by atoms with Crippen LogP contribution in [0, 0.1) is 10.1 Å². The van der Waals surface area contributed by atoms with E-state index in [4.69, 9.17) is 0 Å². The number of carbonyl (C=O) groups excluding carboxylic acids is 1. The predicted octanol–water partition coefficient (Wildman–Crippen LogP) is 4.43. The largest absolute Gasteiger partial charge is 0.484 e. The standard InChI is InChI=1S/C17H12F3NO4/c18-17(19,20)11-25-15-7-4-12(5-8-15)6-9-16(22)13-2-1-3-14(10-13)21(23)24/h1-10H,11H2/b9-6+. The van der Waals surface area contributed by atoms with Gasteiger partial charge >= 0.3 is 6.18 Å². The molecular weight excluding hydrogens is 339 g/mol. The normalized spacial score (nSPS) is 11.5. The molecule has 0 atom stereocenters. The van der Waals surface area contributed by atoms with Crippen molar-refractivity contribution in [2.45, 2.75) is 6.18 Å². The summed E-state index contributed by atoms with van der Waals surface area (Å²) in [5.41, 5.74) is 0.541. The van der Waals surface area contributed by atoms with Gasteiger partial charge in [-0.15, -0.1) is 0 Å². The number of nitro groups is 1. The maximum absolute atomic E-state index is 12.1. The second-order valence-corrected chi connectivity index (χ2v) is 4.98. The van der Waals surface area contributed by atoms with E-state index in [0.717, 1.165) is 0 Å². The van der Waals surface area contributed by atoms with Crippen molar-refractivity contribution >= 4 is 17.5 Å². The van der Waals surface area contributed by atoms with E-state index in [9.17, 15) is 28.1 Å². The van der Waals surface area contributed by atoms with Crippen molar-refractivity contribution in [2.75, 3.05) is 6.61 Å². The number of non-ortho nitro benzene ring substituents is 1. The molecule has 130 valence electrons. The van der Waals surface area contributed by atoms with Gasteiger partial charge in [-0.2, -0.15) is 13.2 Å². The fraction of sp³-hybridized carbons (Fsp3) is 0.118. The number of hydrogen-bond donors (Lipinski definition) is 0. The summed E-state index contributed by atoms with van der Waals surface area (Å²) in [7, 11) is 0. The third kappa shape index (κ3) is 5.76. The highest BCUT2D eigenvalue weighted by Gasteiger charge is 2.28. The van der Waals surface area contributed by atoms with Crippen molar-refractivity contribution in [3.8, 4) is 5.75 Å². The molecule has 0 aliphatic rings. The summed E-state index contributed by atoms with van der Waals surface area (Å²) in [6.45, 7) is -1.38. The minimum atomic E-state index is -4.41. The van der Waals surface area contributed by atoms with Crippen molar-refractivity contribution in [2.24, 2.45) is 0 Å². The number of ether oxygens (including phenoxy) is 1. The van der Waals surface area contributed by atoms with Crippen LogP contribution in [0.5, 0.6) is 5.75 Å². The second kappa shape index (κ2) is 7.61. The van der Waals surface area contributed by atoms with Crippen LogP contribution in [0.25, 0.3) is 6.08 Å². The molecule has 0 saturated carbocycles. The van der Waals surface area contributed by atoms with E-state index in [0.29, 0.717) is 5.56 Å². The predicted molar refractivity (Wildman–Crippen MR) is 84.5 cm³/mol. The SMILES string of the molecule is O=C(/C=C/c1ccc(OCC(F)(F)F)cc1)c1cccc([N+](=O)[O-])c1. The number of allylic oxidation sites excluding steroid dienone is 1. The smallest absolute Gasteiger partial charge is 0.422 e. The van der Waals surface area contributed by atoms with E-state index in [1.807, 2.05) is 0 Å². The van der Waals surface area contributed by atoms with E-state index in [1.165, 1.54) is 60.7 Å². The fourth-order valence-electron chi connectivity index (χ4n) is 1.88. The minimum absolute atomic E-state index is 0.0551. The molecule has 0 aliphatic carbocycles. The molecule has 0 N–H and O–H groups in total. The van der Waals surface area contributed by atoms with E-state index >= 15 is 0 Å². The highest BCUT2D eigenvalue weighted by molar-refractivity contribution is 6.07. The fourth-order valence-corrected chi connectivity index (χ4v) is 1.88. The van der Waals surface area contributed by atoms with E-state index < -0.39 is 23.5 Å². The number of rotatable bonds is 6. The molecule has 0 aromatic heterocycles. The Morgan fingerprint density at radius 2 is 1.84 bits per heavy atom. The third-order valence-electron chi connectivity index (χ3n) is 3.05. The number of halogens is 3. The van der Waals surface area contributed by atoms with Gasteiger partial charge < -0.3 is 4.74 Å². The first-order chi connectivity index (χ1) is 11.7. The van der Waals surface area contributed by atoms with E-state index in [2.05, 4.69) is 4.74 Å². The lowest BCUT2D eigenvalue weighted by molar-refractivity contribution is -0.384. The van der Waals surface area contributed by atoms with E-state index in [1.54, 1.807) is 0 Å². The highest BCUT2D eigenvalue weighted by Crippen LogP contribution is 2.19. The minimum Gasteiger partial charge on any atom is -0.484 e. The van der Waals surface area contributed by atoms with Gasteiger partial charge in [-0.3, -0.25) is 14.9 Å². The van der Waals surface area contributed by atoms with Gasteiger partial charge in [0.15, 0.2) is 12.4 Å². The average Bonchev–Trinajstić information content (AvgIpc) is 2.58. The Labute approximate surface area is 140 Å². The maximum atomic E-state index is 12.1. The lowest BCUT2D eigenvalue weighted by Crippen LogP contribution is -2.19. The molecule has 0 spiro atoms. The zero-order valence-electron chi connectivity index (χ0n) is 12.7. The van der Waals surface area contributed by atoms with Crippen LogP contribution < -0.4 is 4.74 Å². The van der Waals surface area contributed by atoms with Crippen molar-refractivity contribution in [3.05, 3.63) is 75.8 Å². The first kappa shape index (κ1) is 18.2. The molecule has 2 rings (SSSR count). The number of benzene rings is 2. The summed E-state index contributed by atoms with van der Waals surface area (Å²) >= 11 is 0. The zero-order valence-corrected chi connectivity index (χ0v) is 12.7. The number of nitro benzene ring substituents is 1. The summed E-state index contributed by atoms with van der Waals surface area (Å²) in [5, 5.41) is 10.7. The van der Waals surface area contributed by atoms with Gasteiger partial charge in [-0.1, -0.05) is 30.3 Å². The van der Waals surface area contributed by atoms with Crippen LogP contribution in [0.3, 0.4) is 0 Å². The molecule has 0 fully saturated rings. The van der Waals surface area contributed by atoms with Crippen LogP contribution in [-0.4, -0.2) is 23.5 Å². The topological polar surface area (TPSA) is 69.4 Å². The molecule has 0 amide bonds. The highest BCUT2D eigenvalue weighted by atomic mass is 19.4. The lowest BCUT2D eigenvalue weighted by Gasteiger charge is -2.08. The Bertz CT molecular complexity index is 798. The molecular formula is C17H12F3NO4. The molecule has 0 radical (unpaired) electrons. The number of alkyl halides is 3. The second-order valence-electron chi connectivity index (χ2n) is 4.98. The first-order valence-electron chi connectivity index (χ1n) is 7.01. The molecule has 25 heavy (non-hydrogen) atoms. The number of carbonyl (C=O) groups is 1. The summed E-state index contributed by atoms with van der Waals surface area (Å²) in [6, 6.07) is 11.0. The molecule has 2 aromatic rings. The molecule has 0 aliphatic heterocycles. The maximum Gasteiger partial charge on any atom is 0.422 e. The Balaban J connectivity index is 2.02. The Kier molecular flexibility index (Phi) is 5.53. The van der Waals surface area contributed by atoms with Gasteiger partial charge in [0, 0.05) is 17.7 Å².